The second kappa shape index (κ2) is 42.9. The molecule has 17 nitrogen and oxygen atoms in total. The van der Waals surface area contributed by atoms with Gasteiger partial charge in [0.15, 0.2) is 36.8 Å². The number of carbonyl (C=O) groups is 3. The van der Waals surface area contributed by atoms with Gasteiger partial charge in [0.05, 0.1) is 56.0 Å². The number of ether oxygens (including phenoxy) is 3. The average Bonchev–Trinajstić information content (AvgIpc) is 4.20. The van der Waals surface area contributed by atoms with Crippen molar-refractivity contribution < 1.29 is 83.5 Å². The summed E-state index contributed by atoms with van der Waals surface area (Å²) in [4.78, 5) is 62.5. The molecule has 0 saturated carbocycles. The summed E-state index contributed by atoms with van der Waals surface area (Å²) in [6.07, 6.45) is 12.2. The number of halogens is 2. The van der Waals surface area contributed by atoms with E-state index >= 15 is 0 Å². The molecule has 0 aliphatic heterocycles. The Bertz CT molecular complexity index is 2720. The number of rotatable bonds is 14. The molecule has 1 atom stereocenters. The first kappa shape index (κ1) is 92.2. The van der Waals surface area contributed by atoms with Crippen molar-refractivity contribution in [1.82, 2.24) is 29.9 Å². The van der Waals surface area contributed by atoms with E-state index < -0.39 is 47.8 Å². The van der Waals surface area contributed by atoms with Crippen molar-refractivity contribution in [2.45, 2.75) is 215 Å². The molecule has 0 radical (unpaired) electrons. The van der Waals surface area contributed by atoms with E-state index in [9.17, 15) is 23.1 Å². The van der Waals surface area contributed by atoms with Crippen LogP contribution in [0, 0.1) is 6.92 Å². The topological polar surface area (TPSA) is 238 Å². The Morgan fingerprint density at radius 2 is 1.08 bits per heavy atom. The fourth-order valence-corrected chi connectivity index (χ4v) is 11.2. The number of nitrogens with zero attached hydrogens (tertiary/aromatic N) is 6. The molecule has 0 aliphatic carbocycles. The number of aliphatic hydroxyl groups is 1. The normalized spacial score (nSPS) is 11.9. The molecule has 0 aromatic carbocycles. The van der Waals surface area contributed by atoms with Crippen molar-refractivity contribution in [2.24, 2.45) is 0 Å². The third-order valence-corrected chi connectivity index (χ3v) is 23.1. The van der Waals surface area contributed by atoms with Gasteiger partial charge >= 0.3 is 60.8 Å². The first-order valence-corrected chi connectivity index (χ1v) is 43.6. The Morgan fingerprint density at radius 1 is 0.655 bits per heavy atom. The van der Waals surface area contributed by atoms with E-state index in [2.05, 4.69) is 144 Å². The van der Waals surface area contributed by atoms with Crippen molar-refractivity contribution >= 4 is 158 Å². The Balaban J connectivity index is -0.000000310. The fraction of sp³-hybridized carbons (Fsp3) is 0.614. The number of carbonyl (C=O) groups excluding carboxylic acids is 3. The van der Waals surface area contributed by atoms with E-state index in [4.69, 9.17) is 19.0 Å². The standard InChI is InChI=1S/C13H26N2O3S2Si.C11H17NO2S.C9H13NO2S.C8H13NS.C7H11NOS.C6H11O2.C3H2BrNS.Al.BrH.Li.Zn.4H/c1-12(2,3)21(6,7)18-9-13(4,5)10-8-14-11(19-10)15-20(16)17;1-10(2,3)14-9(13)11(4,5)8-6-12-7-15-8;1-9(2,3)12-8(11)4-7-5-10-6-13-7;1-4-8(2,3)7-5-9-6-10-7;1-7(2,4-9)6-3-8-5-10-6;1-5(7)8-6(2,3)4;4-3-1-5-2-6-3;;;;;;;;/h8H,9H2,1-7H3,(H,14,15)(H,16,17);6-7H,1-5H3;5-6H,4H2,1-3H3;5-6H,4H2,1-3H3;3,5,9H,4H2,1-2H3;1H2,2-4H3;1-2H;;1H;;;;;;/q;;;;;-1;;;;+1;+2;;;;-1/p-2. The summed E-state index contributed by atoms with van der Waals surface area (Å²) in [6.45, 7) is 50.1. The summed E-state index contributed by atoms with van der Waals surface area (Å²) < 4.78 is 46.1. The van der Waals surface area contributed by atoms with Gasteiger partial charge in [-0.25, -0.2) is 4.98 Å². The zero-order valence-electron chi connectivity index (χ0n) is 56.0. The molecule has 0 fully saturated rings. The molecule has 6 rings (SSSR count). The number of aliphatic hydroxyl groups excluding tert-OH is 1. The SMILES string of the molecule is Brc1cncs1.CC(C)(C)OC(=O)C(C)(C)c1cncs1.CC(C)(C)OC(=O)Cc1cncs1.CC(C)(CO)c1cncs1.CC(C)(CO[Si](C)(C)C(C)(C)C)c1cnc(NS(=O)[O-])s1.CCC(C)(C)c1cncs1.[AlH3].[CH2-]C(=O)OC(C)(C)C.[H-].[Li+].[Zn+][Br]. The van der Waals surface area contributed by atoms with Crippen LogP contribution in [0.4, 0.5) is 5.13 Å². The summed E-state index contributed by atoms with van der Waals surface area (Å²) in [5.74, 6) is -0.881. The van der Waals surface area contributed by atoms with Crippen molar-refractivity contribution in [2.75, 3.05) is 17.9 Å². The number of nitrogens with one attached hydrogen (secondary N) is 1. The summed E-state index contributed by atoms with van der Waals surface area (Å²) in [7, 11) is -1.80. The predicted molar refractivity (Wildman–Crippen MR) is 372 cm³/mol. The average molecular weight is 1550 g/mol. The third-order valence-electron chi connectivity index (χ3n) is 11.4. The van der Waals surface area contributed by atoms with Gasteiger partial charge in [-0.2, -0.15) is 0 Å². The zero-order chi connectivity index (χ0) is 66.5. The van der Waals surface area contributed by atoms with Crippen LogP contribution in [0.15, 0.2) is 68.5 Å². The quantitative estimate of drug-likeness (QED) is 0.0339. The van der Waals surface area contributed by atoms with E-state index in [1.165, 1.54) is 61.7 Å². The molecule has 2 N–H and O–H groups in total. The van der Waals surface area contributed by atoms with Crippen LogP contribution in [-0.4, -0.2) is 117 Å². The van der Waals surface area contributed by atoms with E-state index in [-0.39, 0.29) is 72.1 Å². The van der Waals surface area contributed by atoms with Gasteiger partial charge in [0.2, 0.25) is 0 Å². The van der Waals surface area contributed by atoms with Crippen LogP contribution < -0.4 is 23.6 Å². The van der Waals surface area contributed by atoms with Gasteiger partial charge in [-0.05, 0) is 117 Å². The maximum atomic E-state index is 11.9. The molecule has 0 saturated heterocycles. The van der Waals surface area contributed by atoms with Gasteiger partial charge in [0, 0.05) is 89.5 Å². The molecular weight excluding hydrogens is 1450 g/mol. The molecular formula is C57H96AlBr2LiN7O10S7SiZn-. The van der Waals surface area contributed by atoms with Crippen LogP contribution in [0.3, 0.4) is 0 Å². The van der Waals surface area contributed by atoms with Crippen LogP contribution in [0.5, 0.6) is 0 Å². The molecule has 0 amide bonds. The molecule has 6 aromatic heterocycles. The van der Waals surface area contributed by atoms with Crippen molar-refractivity contribution in [3.8, 4) is 0 Å². The first-order chi connectivity index (χ1) is 38.7. The number of thiazole rings is 6. The maximum absolute atomic E-state index is 11.9. The monoisotopic (exact) mass is 1550 g/mol. The third kappa shape index (κ3) is 41.9. The number of esters is 3. The van der Waals surface area contributed by atoms with Gasteiger partial charge in [-0.3, -0.25) is 55.2 Å². The zero-order valence-corrected chi connectivity index (χ0v) is 67.9. The van der Waals surface area contributed by atoms with Gasteiger partial charge in [0.1, 0.15) is 16.8 Å². The van der Waals surface area contributed by atoms with E-state index in [0.29, 0.717) is 23.6 Å². The van der Waals surface area contributed by atoms with Gasteiger partial charge in [-0.15, -0.1) is 68.0 Å². The predicted octanol–water partition coefficient (Wildman–Crippen LogP) is 12.5. The Kier molecular flexibility index (Phi) is 45.5. The number of hydrogen-bond acceptors (Lipinski definition) is 22. The van der Waals surface area contributed by atoms with Crippen LogP contribution in [-0.2, 0) is 88.7 Å². The number of hydrogen-bond donors (Lipinski definition) is 2. The second-order valence-electron chi connectivity index (χ2n) is 25.4. The molecule has 87 heavy (non-hydrogen) atoms. The Hall–Kier alpha value is -1.18. The molecule has 0 spiro atoms. The minimum atomic E-state index is -2.34. The van der Waals surface area contributed by atoms with E-state index in [0.717, 1.165) is 23.3 Å². The summed E-state index contributed by atoms with van der Waals surface area (Å²) in [6, 6.07) is 0. The van der Waals surface area contributed by atoms with Crippen LogP contribution >= 0.6 is 97.6 Å². The van der Waals surface area contributed by atoms with E-state index in [1.807, 2.05) is 80.9 Å². The van der Waals surface area contributed by atoms with Gasteiger partial charge in [-0.1, -0.05) is 69.2 Å². The van der Waals surface area contributed by atoms with Crippen LogP contribution in [0.1, 0.15) is 178 Å². The Morgan fingerprint density at radius 3 is 1.40 bits per heavy atom. The molecule has 6 aromatic rings. The number of anilines is 1. The van der Waals surface area contributed by atoms with E-state index in [1.54, 1.807) is 108 Å². The van der Waals surface area contributed by atoms with Crippen LogP contribution in [0.2, 0.25) is 18.1 Å². The minimum absolute atomic E-state index is 0. The van der Waals surface area contributed by atoms with Crippen LogP contribution in [0.25, 0.3) is 0 Å². The van der Waals surface area contributed by atoms with Crippen molar-refractivity contribution in [1.29, 1.82) is 0 Å². The summed E-state index contributed by atoms with van der Waals surface area (Å²) in [5, 5.41) is 9.50. The Labute approximate surface area is 597 Å². The molecule has 486 valence electrons. The molecule has 0 aliphatic rings. The van der Waals surface area contributed by atoms with Crippen molar-refractivity contribution in [3.05, 3.63) is 99.8 Å². The number of aromatic nitrogens is 6. The first-order valence-electron chi connectivity index (χ1n) is 26.6. The molecule has 1 unspecified atom stereocenters. The molecule has 30 heteroatoms. The van der Waals surface area contributed by atoms with Crippen molar-refractivity contribution in [3.63, 3.8) is 0 Å². The summed E-state index contributed by atoms with van der Waals surface area (Å²) >= 11 is 14.3. The molecule has 0 bridgehead atoms. The second-order valence-corrected chi connectivity index (χ2v) is 37.8. The summed E-state index contributed by atoms with van der Waals surface area (Å²) in [5.41, 5.74) is 7.04. The van der Waals surface area contributed by atoms with Gasteiger partial charge < -0.3 is 29.7 Å². The molecule has 6 heterocycles. The van der Waals surface area contributed by atoms with Gasteiger partial charge in [0.25, 0.3) is 0 Å². The fourth-order valence-electron chi connectivity index (χ4n) is 5.13.